The zero-order valence-electron chi connectivity index (χ0n) is 13.4. The molecule has 0 radical (unpaired) electrons. The van der Waals surface area contributed by atoms with Crippen LogP contribution in [0.15, 0.2) is 57.9 Å². The number of rotatable bonds is 6. The molecule has 0 saturated heterocycles. The first-order chi connectivity index (χ1) is 11.5. The van der Waals surface area contributed by atoms with Gasteiger partial charge in [0.2, 0.25) is 0 Å². The number of esters is 1. The summed E-state index contributed by atoms with van der Waals surface area (Å²) < 4.78 is 6.09. The van der Waals surface area contributed by atoms with E-state index in [9.17, 15) is 9.59 Å². The molecule has 4 nitrogen and oxygen atoms in total. The molecule has 0 aliphatic rings. The Bertz CT molecular complexity index is 718. The van der Waals surface area contributed by atoms with Gasteiger partial charge in [0.1, 0.15) is 0 Å². The number of halogens is 1. The van der Waals surface area contributed by atoms with Gasteiger partial charge in [0.05, 0.1) is 11.6 Å². The lowest BCUT2D eigenvalue weighted by Gasteiger charge is -2.14. The van der Waals surface area contributed by atoms with Crippen LogP contribution < -0.4 is 5.32 Å². The molecular weight excluding hydrogens is 390 g/mol. The van der Waals surface area contributed by atoms with Crippen molar-refractivity contribution >= 4 is 39.6 Å². The number of thioether (sulfide) groups is 1. The lowest BCUT2D eigenvalue weighted by Crippen LogP contribution is -2.31. The van der Waals surface area contributed by atoms with Crippen LogP contribution in [0.25, 0.3) is 0 Å². The number of carbonyl (C=O) groups is 2. The van der Waals surface area contributed by atoms with Crippen molar-refractivity contribution in [2.24, 2.45) is 0 Å². The molecule has 6 heteroatoms. The summed E-state index contributed by atoms with van der Waals surface area (Å²) in [4.78, 5) is 24.9. The molecular formula is C18H18BrNO3S. The smallest absolute Gasteiger partial charge is 0.339 e. The van der Waals surface area contributed by atoms with E-state index in [4.69, 9.17) is 4.74 Å². The molecule has 2 aromatic carbocycles. The topological polar surface area (TPSA) is 55.4 Å². The number of hydrogen-bond donors (Lipinski definition) is 1. The Kier molecular flexibility index (Phi) is 6.87. The fourth-order valence-electron chi connectivity index (χ4n) is 2.14. The minimum atomic E-state index is -0.494. The first-order valence-corrected chi connectivity index (χ1v) is 9.38. The van der Waals surface area contributed by atoms with Gasteiger partial charge in [-0.1, -0.05) is 40.2 Å². The van der Waals surface area contributed by atoms with Crippen molar-refractivity contribution in [3.63, 3.8) is 0 Å². The third-order valence-corrected chi connectivity index (χ3v) is 4.73. The van der Waals surface area contributed by atoms with E-state index in [2.05, 4.69) is 21.2 Å². The molecule has 0 aliphatic heterocycles. The molecule has 0 bridgehead atoms. The Hall–Kier alpha value is -1.79. The van der Waals surface area contributed by atoms with Crippen LogP contribution in [0.2, 0.25) is 0 Å². The minimum Gasteiger partial charge on any atom is -0.452 e. The van der Waals surface area contributed by atoms with Crippen LogP contribution >= 0.6 is 27.7 Å². The Morgan fingerprint density at radius 3 is 2.50 bits per heavy atom. The molecule has 0 aliphatic carbocycles. The highest BCUT2D eigenvalue weighted by Crippen LogP contribution is 2.20. The molecule has 1 atom stereocenters. The predicted octanol–water partition coefficient (Wildman–Crippen LogP) is 4.21. The summed E-state index contributed by atoms with van der Waals surface area (Å²) in [5.41, 5.74) is 1.45. The van der Waals surface area contributed by atoms with Gasteiger partial charge in [0, 0.05) is 9.37 Å². The molecule has 0 saturated carbocycles. The van der Waals surface area contributed by atoms with Crippen LogP contribution in [0.5, 0.6) is 0 Å². The Morgan fingerprint density at radius 1 is 1.17 bits per heavy atom. The number of hydrogen-bond acceptors (Lipinski definition) is 4. The summed E-state index contributed by atoms with van der Waals surface area (Å²) in [7, 11) is 0. The van der Waals surface area contributed by atoms with Crippen molar-refractivity contribution in [1.29, 1.82) is 0 Å². The molecule has 126 valence electrons. The summed E-state index contributed by atoms with van der Waals surface area (Å²) in [5.74, 6) is -0.827. The zero-order chi connectivity index (χ0) is 17.5. The van der Waals surface area contributed by atoms with Gasteiger partial charge in [-0.3, -0.25) is 4.79 Å². The standard InChI is InChI=1S/C18H18BrNO3S/c1-12(13-7-9-14(19)10-8-13)20-17(21)11-23-18(22)15-5-3-4-6-16(15)24-2/h3-10,12H,11H2,1-2H3,(H,20,21)/t12-/m0/s1. The fraction of sp³-hybridized carbons (Fsp3) is 0.222. The molecule has 0 fully saturated rings. The summed E-state index contributed by atoms with van der Waals surface area (Å²) in [6.07, 6.45) is 1.89. The normalized spacial score (nSPS) is 11.6. The molecule has 1 amide bonds. The molecule has 24 heavy (non-hydrogen) atoms. The van der Waals surface area contributed by atoms with Crippen LogP contribution in [0.3, 0.4) is 0 Å². The average molecular weight is 408 g/mol. The van der Waals surface area contributed by atoms with Crippen LogP contribution in [0.4, 0.5) is 0 Å². The van der Waals surface area contributed by atoms with Crippen molar-refractivity contribution < 1.29 is 14.3 Å². The minimum absolute atomic E-state index is 0.164. The highest BCUT2D eigenvalue weighted by molar-refractivity contribution is 9.10. The van der Waals surface area contributed by atoms with E-state index >= 15 is 0 Å². The molecule has 0 aromatic heterocycles. The largest absolute Gasteiger partial charge is 0.452 e. The van der Waals surface area contributed by atoms with E-state index in [0.29, 0.717) is 5.56 Å². The van der Waals surface area contributed by atoms with Crippen molar-refractivity contribution in [2.75, 3.05) is 12.9 Å². The molecule has 0 spiro atoms. The van der Waals surface area contributed by atoms with Crippen LogP contribution in [0.1, 0.15) is 28.9 Å². The number of ether oxygens (including phenoxy) is 1. The fourth-order valence-corrected chi connectivity index (χ4v) is 2.99. The second-order valence-electron chi connectivity index (χ2n) is 5.12. The first-order valence-electron chi connectivity index (χ1n) is 7.36. The number of amides is 1. The Balaban J connectivity index is 1.88. The summed E-state index contributed by atoms with van der Waals surface area (Å²) in [5, 5.41) is 2.81. The second kappa shape index (κ2) is 8.89. The first kappa shape index (κ1) is 18.5. The third-order valence-electron chi connectivity index (χ3n) is 3.41. The quantitative estimate of drug-likeness (QED) is 0.575. The average Bonchev–Trinajstić information content (AvgIpc) is 2.60. The van der Waals surface area contributed by atoms with Gasteiger partial charge in [-0.25, -0.2) is 4.79 Å². The van der Waals surface area contributed by atoms with Crippen LogP contribution in [-0.2, 0) is 9.53 Å². The van der Waals surface area contributed by atoms with Gasteiger partial charge < -0.3 is 10.1 Å². The maximum absolute atomic E-state index is 12.1. The van der Waals surface area contributed by atoms with Crippen molar-refractivity contribution in [2.45, 2.75) is 17.9 Å². The highest BCUT2D eigenvalue weighted by atomic mass is 79.9. The van der Waals surface area contributed by atoms with Gasteiger partial charge in [0.25, 0.3) is 5.91 Å². The van der Waals surface area contributed by atoms with Gasteiger partial charge >= 0.3 is 5.97 Å². The van der Waals surface area contributed by atoms with E-state index in [-0.39, 0.29) is 18.6 Å². The Labute approximate surface area is 154 Å². The van der Waals surface area contributed by atoms with Crippen molar-refractivity contribution in [1.82, 2.24) is 5.32 Å². The summed E-state index contributed by atoms with van der Waals surface area (Å²) >= 11 is 4.84. The lowest BCUT2D eigenvalue weighted by molar-refractivity contribution is -0.124. The number of benzene rings is 2. The van der Waals surface area contributed by atoms with Gasteiger partial charge in [-0.05, 0) is 43.0 Å². The highest BCUT2D eigenvalue weighted by Gasteiger charge is 2.15. The SMILES string of the molecule is CSc1ccccc1C(=O)OCC(=O)N[C@@H](C)c1ccc(Br)cc1. The molecule has 0 unspecified atom stereocenters. The maximum Gasteiger partial charge on any atom is 0.339 e. The molecule has 0 heterocycles. The molecule has 1 N–H and O–H groups in total. The van der Waals surface area contributed by atoms with Gasteiger partial charge in [-0.15, -0.1) is 11.8 Å². The van der Waals surface area contributed by atoms with E-state index in [0.717, 1.165) is 14.9 Å². The molecule has 2 rings (SSSR count). The zero-order valence-corrected chi connectivity index (χ0v) is 15.8. The summed E-state index contributed by atoms with van der Waals surface area (Å²) in [6.45, 7) is 1.58. The van der Waals surface area contributed by atoms with Crippen LogP contribution in [0, 0.1) is 0 Å². The van der Waals surface area contributed by atoms with Crippen LogP contribution in [-0.4, -0.2) is 24.7 Å². The van der Waals surface area contributed by atoms with E-state index in [1.807, 2.05) is 49.6 Å². The second-order valence-corrected chi connectivity index (χ2v) is 6.88. The predicted molar refractivity (Wildman–Crippen MR) is 99.2 cm³/mol. The van der Waals surface area contributed by atoms with E-state index in [1.54, 1.807) is 12.1 Å². The third kappa shape index (κ3) is 5.11. The van der Waals surface area contributed by atoms with Crippen molar-refractivity contribution in [3.8, 4) is 0 Å². The van der Waals surface area contributed by atoms with Gasteiger partial charge in [-0.2, -0.15) is 0 Å². The lowest BCUT2D eigenvalue weighted by atomic mass is 10.1. The number of nitrogens with one attached hydrogen (secondary N) is 1. The maximum atomic E-state index is 12.1. The number of carbonyl (C=O) groups excluding carboxylic acids is 2. The van der Waals surface area contributed by atoms with Crippen molar-refractivity contribution in [3.05, 3.63) is 64.1 Å². The monoisotopic (exact) mass is 407 g/mol. The van der Waals surface area contributed by atoms with Gasteiger partial charge in [0.15, 0.2) is 6.61 Å². The van der Waals surface area contributed by atoms with E-state index < -0.39 is 5.97 Å². The Morgan fingerprint density at radius 2 is 1.83 bits per heavy atom. The summed E-state index contributed by atoms with van der Waals surface area (Å²) in [6, 6.07) is 14.7. The molecule has 2 aromatic rings. The van der Waals surface area contributed by atoms with E-state index in [1.165, 1.54) is 11.8 Å².